The number of rotatable bonds is 6. The number of nitrogens with one attached hydrogen (secondary N) is 1. The van der Waals surface area contributed by atoms with E-state index in [9.17, 15) is 26.4 Å². The highest BCUT2D eigenvalue weighted by Crippen LogP contribution is 2.33. The van der Waals surface area contributed by atoms with Crippen LogP contribution in [-0.4, -0.2) is 26.6 Å². The van der Waals surface area contributed by atoms with Gasteiger partial charge in [0.15, 0.2) is 0 Å². The summed E-state index contributed by atoms with van der Waals surface area (Å²) in [5.74, 6) is -0.620. The van der Waals surface area contributed by atoms with Gasteiger partial charge in [-0.3, -0.25) is 9.10 Å². The van der Waals surface area contributed by atoms with Gasteiger partial charge < -0.3 is 5.32 Å². The van der Waals surface area contributed by atoms with Crippen molar-refractivity contribution in [3.8, 4) is 0 Å². The molecule has 30 heavy (non-hydrogen) atoms. The van der Waals surface area contributed by atoms with Crippen molar-refractivity contribution in [1.82, 2.24) is 5.32 Å². The maximum absolute atomic E-state index is 13.1. The lowest BCUT2D eigenvalue weighted by atomic mass is 10.00. The minimum Gasteiger partial charge on any atom is -0.348 e. The molecule has 0 bridgehead atoms. The molecule has 0 saturated carbocycles. The molecule has 164 valence electrons. The molecule has 0 saturated heterocycles. The van der Waals surface area contributed by atoms with E-state index in [0.717, 1.165) is 41.1 Å². The van der Waals surface area contributed by atoms with Gasteiger partial charge in [-0.2, -0.15) is 13.2 Å². The van der Waals surface area contributed by atoms with Crippen molar-refractivity contribution in [2.24, 2.45) is 0 Å². The average Bonchev–Trinajstić information content (AvgIpc) is 2.59. The number of sulfonamides is 1. The first-order chi connectivity index (χ1) is 13.7. The van der Waals surface area contributed by atoms with Crippen LogP contribution in [0, 0.1) is 13.8 Å². The topological polar surface area (TPSA) is 66.5 Å². The summed E-state index contributed by atoms with van der Waals surface area (Å²) in [6, 6.07) is 7.98. The fourth-order valence-electron chi connectivity index (χ4n) is 3.35. The molecular formula is C21H25F3N2O3S. The Bertz CT molecular complexity index is 1040. The molecule has 0 radical (unpaired) electrons. The molecule has 0 aromatic heterocycles. The van der Waals surface area contributed by atoms with Gasteiger partial charge in [0.2, 0.25) is 15.9 Å². The minimum absolute atomic E-state index is 0.228. The second-order valence-electron chi connectivity index (χ2n) is 7.37. The smallest absolute Gasteiger partial charge is 0.348 e. The number of alkyl halides is 3. The van der Waals surface area contributed by atoms with E-state index in [-0.39, 0.29) is 5.69 Å². The standard InChI is InChI=1S/C21H25F3N2O3S/c1-13-9-10-19(14(2)11-13)15(3)25-20(27)16(4)26(30(5,28)29)18-8-6-7-17(12-18)21(22,23)24/h6-12,15-16H,1-5H3,(H,25,27). The molecule has 2 aromatic rings. The zero-order chi connectivity index (χ0) is 22.9. The van der Waals surface area contributed by atoms with Crippen molar-refractivity contribution in [2.75, 3.05) is 10.6 Å². The molecule has 1 amide bonds. The van der Waals surface area contributed by atoms with E-state index >= 15 is 0 Å². The number of carbonyl (C=O) groups is 1. The van der Waals surface area contributed by atoms with Crippen LogP contribution >= 0.6 is 0 Å². The molecule has 2 rings (SSSR count). The van der Waals surface area contributed by atoms with Gasteiger partial charge in [-0.05, 0) is 57.0 Å². The number of nitrogens with zero attached hydrogens (tertiary/aromatic N) is 1. The van der Waals surface area contributed by atoms with Crippen molar-refractivity contribution in [3.05, 3.63) is 64.7 Å². The van der Waals surface area contributed by atoms with Gasteiger partial charge in [0.25, 0.3) is 0 Å². The minimum atomic E-state index is -4.64. The monoisotopic (exact) mass is 442 g/mol. The quantitative estimate of drug-likeness (QED) is 0.723. The summed E-state index contributed by atoms with van der Waals surface area (Å²) in [6.45, 7) is 6.95. The van der Waals surface area contributed by atoms with E-state index in [2.05, 4.69) is 5.32 Å². The van der Waals surface area contributed by atoms with Crippen LogP contribution in [0.3, 0.4) is 0 Å². The Morgan fingerprint density at radius 2 is 1.70 bits per heavy atom. The zero-order valence-electron chi connectivity index (χ0n) is 17.4. The van der Waals surface area contributed by atoms with Crippen LogP contribution in [0.2, 0.25) is 0 Å². The third-order valence-electron chi connectivity index (χ3n) is 4.77. The summed E-state index contributed by atoms with van der Waals surface area (Å²) in [6.07, 6.45) is -3.78. The van der Waals surface area contributed by atoms with E-state index in [1.54, 1.807) is 6.92 Å². The molecule has 5 nitrogen and oxygen atoms in total. The lowest BCUT2D eigenvalue weighted by molar-refractivity contribution is -0.137. The lowest BCUT2D eigenvalue weighted by Crippen LogP contribution is -2.48. The van der Waals surface area contributed by atoms with Gasteiger partial charge in [0.1, 0.15) is 6.04 Å². The first kappa shape index (κ1) is 23.7. The molecule has 0 fully saturated rings. The van der Waals surface area contributed by atoms with Gasteiger partial charge in [0.05, 0.1) is 23.5 Å². The highest BCUT2D eigenvalue weighted by Gasteiger charge is 2.34. The fourth-order valence-corrected chi connectivity index (χ4v) is 4.52. The summed E-state index contributed by atoms with van der Waals surface area (Å²) < 4.78 is 64.6. The van der Waals surface area contributed by atoms with Gasteiger partial charge in [-0.1, -0.05) is 29.8 Å². The highest BCUT2D eigenvalue weighted by atomic mass is 32.2. The molecule has 0 spiro atoms. The van der Waals surface area contributed by atoms with Gasteiger partial charge in [-0.25, -0.2) is 8.42 Å². The Morgan fingerprint density at radius 1 is 1.07 bits per heavy atom. The molecule has 0 heterocycles. The SMILES string of the molecule is Cc1ccc(C(C)NC(=O)C(C)N(c2cccc(C(F)(F)F)c2)S(C)(=O)=O)c(C)c1. The van der Waals surface area contributed by atoms with E-state index < -0.39 is 39.8 Å². The first-order valence-corrected chi connectivity index (χ1v) is 11.1. The number of halogens is 3. The highest BCUT2D eigenvalue weighted by molar-refractivity contribution is 7.92. The van der Waals surface area contributed by atoms with E-state index in [4.69, 9.17) is 0 Å². The Morgan fingerprint density at radius 3 is 2.23 bits per heavy atom. The van der Waals surface area contributed by atoms with Crippen LogP contribution in [0.5, 0.6) is 0 Å². The van der Waals surface area contributed by atoms with Crippen molar-refractivity contribution in [1.29, 1.82) is 0 Å². The fraction of sp³-hybridized carbons (Fsp3) is 0.381. The van der Waals surface area contributed by atoms with Crippen LogP contribution in [0.4, 0.5) is 18.9 Å². The normalized spacial score (nSPS) is 14.1. The number of benzene rings is 2. The number of hydrogen-bond acceptors (Lipinski definition) is 3. The second kappa shape index (κ2) is 8.67. The lowest BCUT2D eigenvalue weighted by Gasteiger charge is -2.30. The number of hydrogen-bond donors (Lipinski definition) is 1. The van der Waals surface area contributed by atoms with E-state index in [0.29, 0.717) is 4.31 Å². The van der Waals surface area contributed by atoms with Crippen molar-refractivity contribution < 1.29 is 26.4 Å². The first-order valence-electron chi connectivity index (χ1n) is 9.26. The molecule has 0 aliphatic heterocycles. The third kappa shape index (κ3) is 5.53. The predicted molar refractivity (Wildman–Crippen MR) is 111 cm³/mol. The summed E-state index contributed by atoms with van der Waals surface area (Å²) in [5, 5.41) is 2.76. The third-order valence-corrected chi connectivity index (χ3v) is 6.01. The number of anilines is 1. The van der Waals surface area contributed by atoms with Gasteiger partial charge >= 0.3 is 6.18 Å². The maximum Gasteiger partial charge on any atom is 0.416 e. The molecule has 9 heteroatoms. The van der Waals surface area contributed by atoms with E-state index in [1.807, 2.05) is 32.0 Å². The second-order valence-corrected chi connectivity index (χ2v) is 9.23. The van der Waals surface area contributed by atoms with Gasteiger partial charge in [-0.15, -0.1) is 0 Å². The van der Waals surface area contributed by atoms with Crippen LogP contribution in [0.25, 0.3) is 0 Å². The van der Waals surface area contributed by atoms with Crippen molar-refractivity contribution >= 4 is 21.6 Å². The Balaban J connectivity index is 2.34. The number of amides is 1. The van der Waals surface area contributed by atoms with Crippen molar-refractivity contribution in [3.63, 3.8) is 0 Å². The summed E-state index contributed by atoms with van der Waals surface area (Å²) in [5.41, 5.74) is 1.68. The molecule has 2 aromatic carbocycles. The maximum atomic E-state index is 13.1. The molecule has 0 aliphatic rings. The Labute approximate surface area is 175 Å². The average molecular weight is 443 g/mol. The van der Waals surface area contributed by atoms with Gasteiger partial charge in [0, 0.05) is 0 Å². The molecular weight excluding hydrogens is 417 g/mol. The molecule has 2 atom stereocenters. The van der Waals surface area contributed by atoms with Crippen molar-refractivity contribution in [2.45, 2.75) is 46.0 Å². The number of aryl methyl sites for hydroxylation is 2. The van der Waals surface area contributed by atoms with Crippen LogP contribution in [0.15, 0.2) is 42.5 Å². The summed E-state index contributed by atoms with van der Waals surface area (Å²) >= 11 is 0. The predicted octanol–water partition coefficient (Wildman–Crippen LogP) is 4.35. The summed E-state index contributed by atoms with van der Waals surface area (Å²) in [4.78, 5) is 12.8. The Kier molecular flexibility index (Phi) is 6.86. The van der Waals surface area contributed by atoms with Crippen LogP contribution < -0.4 is 9.62 Å². The Hall–Kier alpha value is -2.55. The van der Waals surface area contributed by atoms with Crippen LogP contribution in [0.1, 0.15) is 42.1 Å². The zero-order valence-corrected chi connectivity index (χ0v) is 18.2. The number of carbonyl (C=O) groups excluding carboxylic acids is 1. The van der Waals surface area contributed by atoms with E-state index in [1.165, 1.54) is 13.0 Å². The molecule has 1 N–H and O–H groups in total. The molecule has 2 unspecified atom stereocenters. The van der Waals surface area contributed by atoms with Crippen LogP contribution in [-0.2, 0) is 21.0 Å². The molecule has 0 aliphatic carbocycles. The summed E-state index contributed by atoms with van der Waals surface area (Å²) in [7, 11) is -4.03. The largest absolute Gasteiger partial charge is 0.416 e.